The van der Waals surface area contributed by atoms with Crippen molar-refractivity contribution in [3.8, 4) is 0 Å². The van der Waals surface area contributed by atoms with E-state index in [1.165, 1.54) is 0 Å². The molecule has 21 heavy (non-hydrogen) atoms. The molecule has 2 aromatic rings. The maximum Gasteiger partial charge on any atom is 0.158 e. The molecule has 112 valence electrons. The van der Waals surface area contributed by atoms with Gasteiger partial charge in [-0.25, -0.2) is 9.97 Å². The lowest BCUT2D eigenvalue weighted by molar-refractivity contribution is 0.128. The molecule has 5 nitrogen and oxygen atoms in total. The minimum absolute atomic E-state index is 0.403. The van der Waals surface area contributed by atoms with Crippen molar-refractivity contribution in [3.05, 3.63) is 40.1 Å². The predicted molar refractivity (Wildman–Crippen MR) is 89.1 cm³/mol. The minimum Gasteiger partial charge on any atom is -0.374 e. The first-order valence-corrected chi connectivity index (χ1v) is 7.58. The molecule has 0 aliphatic carbocycles. The van der Waals surface area contributed by atoms with Crippen LogP contribution in [0.5, 0.6) is 0 Å². The van der Waals surface area contributed by atoms with E-state index >= 15 is 0 Å². The molecule has 0 saturated carbocycles. The van der Waals surface area contributed by atoms with Crippen molar-refractivity contribution >= 4 is 33.3 Å². The lowest BCUT2D eigenvalue weighted by Crippen LogP contribution is -2.06. The Morgan fingerprint density at radius 2 is 1.95 bits per heavy atom. The average molecular weight is 351 g/mol. The Hall–Kier alpha value is -1.66. The second-order valence-corrected chi connectivity index (χ2v) is 5.44. The predicted octanol–water partition coefficient (Wildman–Crippen LogP) is 3.87. The van der Waals surface area contributed by atoms with Crippen molar-refractivity contribution in [2.75, 3.05) is 24.3 Å². The summed E-state index contributed by atoms with van der Waals surface area (Å²) < 4.78 is 6.43. The van der Waals surface area contributed by atoms with Gasteiger partial charge in [0.05, 0.1) is 0 Å². The third-order valence-corrected chi connectivity index (χ3v) is 3.41. The molecule has 0 amide bonds. The first-order chi connectivity index (χ1) is 10.1. The maximum atomic E-state index is 5.38. The summed E-state index contributed by atoms with van der Waals surface area (Å²) in [6, 6.07) is 7.94. The third kappa shape index (κ3) is 4.41. The van der Waals surface area contributed by atoms with Crippen LogP contribution in [-0.4, -0.2) is 23.6 Å². The highest BCUT2D eigenvalue weighted by Crippen LogP contribution is 2.24. The molecule has 6 heteroatoms. The van der Waals surface area contributed by atoms with Crippen LogP contribution in [0.25, 0.3) is 0 Å². The Balaban J connectivity index is 2.25. The Kier molecular flexibility index (Phi) is 5.52. The van der Waals surface area contributed by atoms with Gasteiger partial charge < -0.3 is 15.4 Å². The van der Waals surface area contributed by atoms with E-state index in [1.54, 1.807) is 0 Å². The summed E-state index contributed by atoms with van der Waals surface area (Å²) in [5.74, 6) is 2.16. The molecule has 0 saturated heterocycles. The summed E-state index contributed by atoms with van der Waals surface area (Å²) in [7, 11) is 1.83. The van der Waals surface area contributed by atoms with E-state index in [-0.39, 0.29) is 0 Å². The van der Waals surface area contributed by atoms with E-state index in [2.05, 4.69) is 42.6 Å². The van der Waals surface area contributed by atoms with Crippen LogP contribution < -0.4 is 10.6 Å². The van der Waals surface area contributed by atoms with Crippen LogP contribution in [-0.2, 0) is 11.3 Å². The van der Waals surface area contributed by atoms with Gasteiger partial charge in [-0.1, -0.05) is 15.9 Å². The van der Waals surface area contributed by atoms with E-state index in [0.717, 1.165) is 27.4 Å². The number of ether oxygens (including phenoxy) is 1. The molecule has 1 aromatic carbocycles. The van der Waals surface area contributed by atoms with Crippen molar-refractivity contribution in [2.45, 2.75) is 20.5 Å². The van der Waals surface area contributed by atoms with Crippen molar-refractivity contribution in [2.24, 2.45) is 0 Å². The molecule has 1 heterocycles. The molecule has 1 aromatic heterocycles. The third-order valence-electron chi connectivity index (χ3n) is 2.92. The second-order valence-electron chi connectivity index (χ2n) is 4.53. The van der Waals surface area contributed by atoms with E-state index in [4.69, 9.17) is 4.74 Å². The molecular weight excluding hydrogens is 332 g/mol. The summed E-state index contributed by atoms with van der Waals surface area (Å²) in [5, 5.41) is 6.36. The largest absolute Gasteiger partial charge is 0.374 e. The molecule has 0 spiro atoms. The molecule has 0 radical (unpaired) electrons. The number of nitrogens with one attached hydrogen (secondary N) is 2. The molecule has 0 aliphatic rings. The van der Waals surface area contributed by atoms with Crippen molar-refractivity contribution in [1.82, 2.24) is 9.97 Å². The zero-order valence-electron chi connectivity index (χ0n) is 12.4. The second kappa shape index (κ2) is 7.38. The molecule has 2 N–H and O–H groups in total. The van der Waals surface area contributed by atoms with Gasteiger partial charge in [-0.3, -0.25) is 0 Å². The summed E-state index contributed by atoms with van der Waals surface area (Å²) in [5.41, 5.74) is 2.15. The smallest absolute Gasteiger partial charge is 0.158 e. The normalized spacial score (nSPS) is 10.5. The maximum absolute atomic E-state index is 5.38. The molecule has 0 atom stereocenters. The molecule has 0 fully saturated rings. The molecular formula is C15H19BrN4O. The van der Waals surface area contributed by atoms with E-state index in [9.17, 15) is 0 Å². The SMILES string of the molecule is CCOCc1nc(NC)cc(Nc2ccc(Br)cc2C)n1. The van der Waals surface area contributed by atoms with Crippen LogP contribution >= 0.6 is 15.9 Å². The summed E-state index contributed by atoms with van der Waals surface area (Å²) in [4.78, 5) is 8.85. The standard InChI is InChI=1S/C15H19BrN4O/c1-4-21-9-15-19-13(17-3)8-14(20-15)18-12-6-5-11(16)7-10(12)2/h5-8H,4,9H2,1-3H3,(H2,17,18,19,20). The Bertz CT molecular complexity index is 619. The van der Waals surface area contributed by atoms with Crippen LogP contribution in [0.1, 0.15) is 18.3 Å². The Labute approximate surface area is 133 Å². The fourth-order valence-corrected chi connectivity index (χ4v) is 2.33. The van der Waals surface area contributed by atoms with Gasteiger partial charge in [0.2, 0.25) is 0 Å². The topological polar surface area (TPSA) is 59.1 Å². The van der Waals surface area contributed by atoms with Gasteiger partial charge in [0, 0.05) is 29.9 Å². The number of anilines is 3. The van der Waals surface area contributed by atoms with Gasteiger partial charge >= 0.3 is 0 Å². The number of aromatic nitrogens is 2. The van der Waals surface area contributed by atoms with Crippen LogP contribution in [0.3, 0.4) is 0 Å². The van der Waals surface area contributed by atoms with Gasteiger partial charge in [-0.15, -0.1) is 0 Å². The van der Waals surface area contributed by atoms with Crippen LogP contribution in [0.4, 0.5) is 17.3 Å². The number of benzene rings is 1. The van der Waals surface area contributed by atoms with Gasteiger partial charge in [-0.05, 0) is 37.6 Å². The molecule has 0 aliphatic heterocycles. The summed E-state index contributed by atoms with van der Waals surface area (Å²) in [6.07, 6.45) is 0. The zero-order valence-corrected chi connectivity index (χ0v) is 14.0. The van der Waals surface area contributed by atoms with Crippen LogP contribution in [0.15, 0.2) is 28.7 Å². The molecule has 0 unspecified atom stereocenters. The summed E-state index contributed by atoms with van der Waals surface area (Å²) >= 11 is 3.46. The average Bonchev–Trinajstić information content (AvgIpc) is 2.48. The number of rotatable bonds is 6. The number of hydrogen-bond donors (Lipinski definition) is 2. The van der Waals surface area contributed by atoms with E-state index in [1.807, 2.05) is 39.1 Å². The Morgan fingerprint density at radius 3 is 2.62 bits per heavy atom. The number of hydrogen-bond acceptors (Lipinski definition) is 5. The van der Waals surface area contributed by atoms with Gasteiger partial charge in [0.25, 0.3) is 0 Å². The lowest BCUT2D eigenvalue weighted by Gasteiger charge is -2.12. The number of halogens is 1. The first-order valence-electron chi connectivity index (χ1n) is 6.79. The van der Waals surface area contributed by atoms with Crippen molar-refractivity contribution in [3.63, 3.8) is 0 Å². The summed E-state index contributed by atoms with van der Waals surface area (Å²) in [6.45, 7) is 5.04. The highest BCUT2D eigenvalue weighted by Gasteiger charge is 2.06. The fourth-order valence-electron chi connectivity index (χ4n) is 1.85. The monoisotopic (exact) mass is 350 g/mol. The van der Waals surface area contributed by atoms with Crippen molar-refractivity contribution in [1.29, 1.82) is 0 Å². The van der Waals surface area contributed by atoms with Gasteiger partial charge in [0.15, 0.2) is 5.82 Å². The van der Waals surface area contributed by atoms with Gasteiger partial charge in [-0.2, -0.15) is 0 Å². The Morgan fingerprint density at radius 1 is 1.19 bits per heavy atom. The molecule has 0 bridgehead atoms. The first kappa shape index (κ1) is 15.7. The van der Waals surface area contributed by atoms with E-state index in [0.29, 0.717) is 19.0 Å². The molecule has 2 rings (SSSR count). The lowest BCUT2D eigenvalue weighted by atomic mass is 10.2. The van der Waals surface area contributed by atoms with Gasteiger partial charge in [0.1, 0.15) is 18.2 Å². The fraction of sp³-hybridized carbons (Fsp3) is 0.333. The van der Waals surface area contributed by atoms with Crippen LogP contribution in [0.2, 0.25) is 0 Å². The zero-order chi connectivity index (χ0) is 15.2. The number of aryl methyl sites for hydroxylation is 1. The highest BCUT2D eigenvalue weighted by molar-refractivity contribution is 9.10. The minimum atomic E-state index is 0.403. The quantitative estimate of drug-likeness (QED) is 0.827. The van der Waals surface area contributed by atoms with E-state index < -0.39 is 0 Å². The number of nitrogens with zero attached hydrogens (tertiary/aromatic N) is 2. The van der Waals surface area contributed by atoms with Crippen LogP contribution in [0, 0.1) is 6.92 Å². The van der Waals surface area contributed by atoms with Crippen molar-refractivity contribution < 1.29 is 4.74 Å². The highest BCUT2D eigenvalue weighted by atomic mass is 79.9.